The molecule has 1 heterocycles. The predicted octanol–water partition coefficient (Wildman–Crippen LogP) is 4.11. The van der Waals surface area contributed by atoms with E-state index in [4.69, 9.17) is 4.74 Å². The van der Waals surface area contributed by atoms with Gasteiger partial charge in [-0.25, -0.2) is 9.98 Å². The lowest BCUT2D eigenvalue weighted by Crippen LogP contribution is -2.39. The Labute approximate surface area is 207 Å². The summed E-state index contributed by atoms with van der Waals surface area (Å²) in [6, 6.07) is 23.9. The monoisotopic (exact) mass is 546 g/mol. The van der Waals surface area contributed by atoms with E-state index in [0.717, 1.165) is 23.2 Å². The molecule has 1 unspecified atom stereocenters. The Morgan fingerprint density at radius 1 is 1.00 bits per heavy atom. The van der Waals surface area contributed by atoms with Crippen molar-refractivity contribution >= 4 is 29.9 Å². The molecule has 0 bridgehead atoms. The highest BCUT2D eigenvalue weighted by Crippen LogP contribution is 2.14. The van der Waals surface area contributed by atoms with Crippen LogP contribution in [0.5, 0.6) is 5.88 Å². The van der Waals surface area contributed by atoms with Crippen LogP contribution in [0.15, 0.2) is 84.0 Å². The number of halogens is 1. The topological polar surface area (TPSA) is 78.8 Å². The zero-order valence-electron chi connectivity index (χ0n) is 18.3. The average Bonchev–Trinajstić information content (AvgIpc) is 2.83. The number of nitrogens with one attached hydrogen (secondary N) is 2. The minimum absolute atomic E-state index is 0. The number of aromatic nitrogens is 1. The zero-order valence-corrected chi connectivity index (χ0v) is 20.6. The van der Waals surface area contributed by atoms with Gasteiger partial charge in [0.15, 0.2) is 5.96 Å². The number of hydrogen-bond acceptors (Lipinski definition) is 4. The van der Waals surface area contributed by atoms with Crippen molar-refractivity contribution < 1.29 is 9.84 Å². The van der Waals surface area contributed by atoms with E-state index in [9.17, 15) is 5.11 Å². The first-order valence-corrected chi connectivity index (χ1v) is 10.6. The van der Waals surface area contributed by atoms with E-state index in [2.05, 4.69) is 20.6 Å². The number of hydrogen-bond donors (Lipinski definition) is 3. The maximum absolute atomic E-state index is 9.77. The largest absolute Gasteiger partial charge is 0.473 e. The number of pyridine rings is 1. The van der Waals surface area contributed by atoms with Gasteiger partial charge in [-0.05, 0) is 29.7 Å². The summed E-state index contributed by atoms with van der Waals surface area (Å²) in [5, 5.41) is 16.4. The van der Waals surface area contributed by atoms with Crippen molar-refractivity contribution in [1.29, 1.82) is 0 Å². The van der Waals surface area contributed by atoms with Gasteiger partial charge >= 0.3 is 0 Å². The van der Waals surface area contributed by atoms with Gasteiger partial charge in [-0.1, -0.05) is 60.7 Å². The fourth-order valence-corrected chi connectivity index (χ4v) is 3.10. The van der Waals surface area contributed by atoms with Crippen molar-refractivity contribution in [2.24, 2.45) is 4.99 Å². The van der Waals surface area contributed by atoms with Crippen LogP contribution in [0.3, 0.4) is 0 Å². The maximum atomic E-state index is 9.77. The summed E-state index contributed by atoms with van der Waals surface area (Å²) in [6.45, 7) is 4.42. The van der Waals surface area contributed by atoms with E-state index in [1.165, 1.54) is 0 Å². The lowest BCUT2D eigenvalue weighted by atomic mass is 10.0. The molecule has 3 rings (SSSR count). The lowest BCUT2D eigenvalue weighted by molar-refractivity contribution is 0.265. The van der Waals surface area contributed by atoms with Crippen LogP contribution < -0.4 is 15.4 Å². The van der Waals surface area contributed by atoms with E-state index in [-0.39, 0.29) is 36.5 Å². The van der Waals surface area contributed by atoms with Gasteiger partial charge in [0.2, 0.25) is 5.88 Å². The highest BCUT2D eigenvalue weighted by Gasteiger charge is 2.11. The summed E-state index contributed by atoms with van der Waals surface area (Å²) in [7, 11) is 0. The molecule has 6 nitrogen and oxygen atoms in total. The van der Waals surface area contributed by atoms with Gasteiger partial charge in [-0.3, -0.25) is 0 Å². The molecule has 3 aromatic rings. The van der Waals surface area contributed by atoms with Crippen molar-refractivity contribution in [2.45, 2.75) is 26.0 Å². The number of benzene rings is 2. The first kappa shape index (κ1) is 25.6. The lowest BCUT2D eigenvalue weighted by Gasteiger charge is -2.18. The summed E-state index contributed by atoms with van der Waals surface area (Å²) in [5.74, 6) is 1.29. The summed E-state index contributed by atoms with van der Waals surface area (Å²) in [6.07, 6.45) is 1.74. The van der Waals surface area contributed by atoms with Gasteiger partial charge in [0, 0.05) is 31.3 Å². The van der Waals surface area contributed by atoms with Crippen LogP contribution >= 0.6 is 24.0 Å². The minimum Gasteiger partial charge on any atom is -0.473 e. The van der Waals surface area contributed by atoms with Gasteiger partial charge in [0.05, 0.1) is 13.2 Å². The highest BCUT2D eigenvalue weighted by molar-refractivity contribution is 14.0. The zero-order chi connectivity index (χ0) is 21.7. The minimum atomic E-state index is 0. The normalized spacial score (nSPS) is 11.9. The molecular formula is C25H31IN4O2. The fourth-order valence-electron chi connectivity index (χ4n) is 3.10. The van der Waals surface area contributed by atoms with Gasteiger partial charge in [-0.15, -0.1) is 24.0 Å². The molecule has 0 fully saturated rings. The van der Waals surface area contributed by atoms with Crippen LogP contribution in [0.1, 0.15) is 29.5 Å². The summed E-state index contributed by atoms with van der Waals surface area (Å²) < 4.78 is 5.81. The van der Waals surface area contributed by atoms with Crippen molar-refractivity contribution in [1.82, 2.24) is 15.6 Å². The second kappa shape index (κ2) is 14.4. The van der Waals surface area contributed by atoms with E-state index in [0.29, 0.717) is 31.5 Å². The van der Waals surface area contributed by atoms with Crippen molar-refractivity contribution in [3.63, 3.8) is 0 Å². The molecule has 1 aromatic heterocycles. The number of rotatable bonds is 10. The first-order chi connectivity index (χ1) is 15.3. The Morgan fingerprint density at radius 2 is 1.72 bits per heavy atom. The van der Waals surface area contributed by atoms with E-state index in [1.807, 2.05) is 79.7 Å². The number of aliphatic hydroxyl groups excluding tert-OH is 1. The molecule has 3 N–H and O–H groups in total. The Bertz CT molecular complexity index is 939. The standard InChI is InChI=1S/C25H30N4O2.HI/c1-2-26-25(29-17-23(18-30)22-11-7-4-8-12-22)28-16-21-13-14-27-24(15-21)31-19-20-9-5-3-6-10-20;/h3-15,23,30H,2,16-19H2,1H3,(H2,26,28,29);1H. The van der Waals surface area contributed by atoms with Crippen LogP contribution in [0.4, 0.5) is 0 Å². The Kier molecular flexibility index (Phi) is 11.5. The Morgan fingerprint density at radius 3 is 2.41 bits per heavy atom. The van der Waals surface area contributed by atoms with Crippen molar-refractivity contribution in [2.75, 3.05) is 19.7 Å². The summed E-state index contributed by atoms with van der Waals surface area (Å²) in [5.41, 5.74) is 3.21. The number of guanidine groups is 1. The van der Waals surface area contributed by atoms with Gasteiger partial charge in [0.1, 0.15) is 6.61 Å². The molecule has 0 spiro atoms. The third-order valence-corrected chi connectivity index (χ3v) is 4.80. The second-order valence-corrected chi connectivity index (χ2v) is 7.14. The van der Waals surface area contributed by atoms with Gasteiger partial charge < -0.3 is 20.5 Å². The van der Waals surface area contributed by atoms with Crippen LogP contribution in [-0.2, 0) is 13.2 Å². The van der Waals surface area contributed by atoms with Crippen LogP contribution in [0.25, 0.3) is 0 Å². The summed E-state index contributed by atoms with van der Waals surface area (Å²) >= 11 is 0. The molecule has 0 saturated heterocycles. The van der Waals surface area contributed by atoms with Crippen LogP contribution in [0, 0.1) is 0 Å². The quantitative estimate of drug-likeness (QED) is 0.203. The Hall–Kier alpha value is -2.65. The number of ether oxygens (including phenoxy) is 1. The fraction of sp³-hybridized carbons (Fsp3) is 0.280. The third kappa shape index (κ3) is 8.47. The SMILES string of the molecule is CCNC(=NCc1ccnc(OCc2ccccc2)c1)NCC(CO)c1ccccc1.I. The van der Waals surface area contributed by atoms with E-state index < -0.39 is 0 Å². The molecule has 1 atom stereocenters. The van der Waals surface area contributed by atoms with Crippen molar-refractivity contribution in [3.05, 3.63) is 95.7 Å². The maximum Gasteiger partial charge on any atom is 0.213 e. The van der Waals surface area contributed by atoms with Crippen LogP contribution in [-0.4, -0.2) is 35.7 Å². The molecule has 32 heavy (non-hydrogen) atoms. The molecule has 170 valence electrons. The molecular weight excluding hydrogens is 515 g/mol. The molecule has 0 radical (unpaired) electrons. The average molecular weight is 546 g/mol. The number of nitrogens with zero attached hydrogens (tertiary/aromatic N) is 2. The first-order valence-electron chi connectivity index (χ1n) is 10.6. The smallest absolute Gasteiger partial charge is 0.213 e. The highest BCUT2D eigenvalue weighted by atomic mass is 127. The molecule has 0 aliphatic heterocycles. The summed E-state index contributed by atoms with van der Waals surface area (Å²) in [4.78, 5) is 8.96. The van der Waals surface area contributed by atoms with Gasteiger partial charge in [-0.2, -0.15) is 0 Å². The third-order valence-electron chi connectivity index (χ3n) is 4.80. The number of aliphatic imine (C=N–C) groups is 1. The molecule has 0 aliphatic rings. The molecule has 0 saturated carbocycles. The Balaban J connectivity index is 0.00000363. The van der Waals surface area contributed by atoms with Gasteiger partial charge in [0.25, 0.3) is 0 Å². The second-order valence-electron chi connectivity index (χ2n) is 7.14. The number of aliphatic hydroxyl groups is 1. The molecule has 0 aliphatic carbocycles. The molecule has 0 amide bonds. The molecule has 7 heteroatoms. The van der Waals surface area contributed by atoms with E-state index >= 15 is 0 Å². The van der Waals surface area contributed by atoms with Crippen LogP contribution in [0.2, 0.25) is 0 Å². The van der Waals surface area contributed by atoms with E-state index in [1.54, 1.807) is 6.20 Å². The predicted molar refractivity (Wildman–Crippen MR) is 140 cm³/mol. The molecule has 2 aromatic carbocycles. The van der Waals surface area contributed by atoms with Crippen molar-refractivity contribution in [3.8, 4) is 5.88 Å².